The molecule has 0 heterocycles. The maximum atomic E-state index is 10.6. The Hall–Kier alpha value is -2.78. The average molecular weight is 242 g/mol. The van der Waals surface area contributed by atoms with E-state index in [9.17, 15) is 30.3 Å². The zero-order valence-electron chi connectivity index (χ0n) is 8.45. The summed E-state index contributed by atoms with van der Waals surface area (Å²) in [6.45, 7) is 0. The molecular weight excluding hydrogens is 236 g/mol. The molecule has 0 aromatic heterocycles. The van der Waals surface area contributed by atoms with Crippen molar-refractivity contribution in [3.8, 4) is 0 Å². The molecule has 1 rings (SSSR count). The zero-order chi connectivity index (χ0) is 13.2. The highest BCUT2D eigenvalue weighted by molar-refractivity contribution is 5.72. The number of nitrogens with one attached hydrogen (secondary N) is 1. The van der Waals surface area contributed by atoms with Crippen molar-refractivity contribution >= 4 is 22.7 Å². The van der Waals surface area contributed by atoms with Crippen LogP contribution in [0.5, 0.6) is 0 Å². The van der Waals surface area contributed by atoms with Gasteiger partial charge in [0.05, 0.1) is 20.8 Å². The number of nitro benzene ring substituents is 3. The van der Waals surface area contributed by atoms with E-state index in [4.69, 9.17) is 0 Å². The van der Waals surface area contributed by atoms with E-state index in [-0.39, 0.29) is 5.69 Å². The second-order valence-electron chi connectivity index (χ2n) is 2.88. The Bertz CT molecular complexity index is 513. The van der Waals surface area contributed by atoms with Crippen molar-refractivity contribution in [2.75, 3.05) is 12.4 Å². The van der Waals surface area contributed by atoms with Crippen LogP contribution < -0.4 is 5.32 Å². The minimum absolute atomic E-state index is 0.160. The second-order valence-corrected chi connectivity index (χ2v) is 2.88. The lowest BCUT2D eigenvalue weighted by Gasteiger charge is -2.02. The number of hydrogen-bond acceptors (Lipinski definition) is 7. The standard InChI is InChI=1S/C7H6N4O6/c1-8-4-2-6(10(14)15)7(11(16)17)3-5(4)9(12)13/h2-3,8H,1H3. The summed E-state index contributed by atoms with van der Waals surface area (Å²) in [4.78, 5) is 28.9. The highest BCUT2D eigenvalue weighted by Crippen LogP contribution is 2.36. The van der Waals surface area contributed by atoms with Crippen LogP contribution in [-0.2, 0) is 0 Å². The van der Waals surface area contributed by atoms with Gasteiger partial charge in [0.15, 0.2) is 0 Å². The maximum absolute atomic E-state index is 10.6. The molecule has 1 aromatic carbocycles. The average Bonchev–Trinajstić information content (AvgIpc) is 2.26. The van der Waals surface area contributed by atoms with Crippen molar-refractivity contribution < 1.29 is 14.8 Å². The van der Waals surface area contributed by atoms with Gasteiger partial charge >= 0.3 is 11.4 Å². The van der Waals surface area contributed by atoms with E-state index < -0.39 is 31.8 Å². The van der Waals surface area contributed by atoms with Crippen LogP contribution in [0.25, 0.3) is 0 Å². The van der Waals surface area contributed by atoms with Crippen molar-refractivity contribution in [1.29, 1.82) is 0 Å². The van der Waals surface area contributed by atoms with Crippen LogP contribution in [0.3, 0.4) is 0 Å². The van der Waals surface area contributed by atoms with Gasteiger partial charge in [-0.15, -0.1) is 0 Å². The van der Waals surface area contributed by atoms with Gasteiger partial charge in [0.1, 0.15) is 11.8 Å². The quantitative estimate of drug-likeness (QED) is 0.621. The molecule has 0 atom stereocenters. The van der Waals surface area contributed by atoms with Crippen LogP contribution in [0.2, 0.25) is 0 Å². The third kappa shape index (κ3) is 2.25. The van der Waals surface area contributed by atoms with Gasteiger partial charge in [0, 0.05) is 7.05 Å². The Morgan fingerprint density at radius 1 is 0.882 bits per heavy atom. The molecule has 17 heavy (non-hydrogen) atoms. The van der Waals surface area contributed by atoms with Gasteiger partial charge in [-0.25, -0.2) is 0 Å². The first-order valence-corrected chi connectivity index (χ1v) is 4.17. The van der Waals surface area contributed by atoms with Crippen LogP contribution >= 0.6 is 0 Å². The second kappa shape index (κ2) is 4.38. The van der Waals surface area contributed by atoms with Gasteiger partial charge in [0.2, 0.25) is 0 Å². The van der Waals surface area contributed by atoms with Crippen molar-refractivity contribution in [2.45, 2.75) is 0 Å². The lowest BCUT2D eigenvalue weighted by Crippen LogP contribution is -2.02. The SMILES string of the molecule is CNc1cc([N+](=O)[O-])c([N+](=O)[O-])cc1[N+](=O)[O-]. The summed E-state index contributed by atoms with van der Waals surface area (Å²) in [5, 5.41) is 34.1. The smallest absolute Gasteiger partial charge is 0.353 e. The summed E-state index contributed by atoms with van der Waals surface area (Å²) in [5.41, 5.74) is -2.47. The Balaban J connectivity index is 3.59. The monoisotopic (exact) mass is 242 g/mol. The summed E-state index contributed by atoms with van der Waals surface area (Å²) in [6, 6.07) is 1.32. The Labute approximate surface area is 93.3 Å². The number of rotatable bonds is 4. The molecule has 0 spiro atoms. The molecule has 0 saturated heterocycles. The minimum atomic E-state index is -1.04. The summed E-state index contributed by atoms with van der Waals surface area (Å²) in [6.07, 6.45) is 0. The third-order valence-corrected chi connectivity index (χ3v) is 1.95. The predicted octanol–water partition coefficient (Wildman–Crippen LogP) is 1.45. The van der Waals surface area contributed by atoms with E-state index >= 15 is 0 Å². The molecule has 10 heteroatoms. The molecule has 0 saturated carbocycles. The first-order chi connectivity index (χ1) is 7.88. The van der Waals surface area contributed by atoms with E-state index in [0.29, 0.717) is 6.07 Å². The summed E-state index contributed by atoms with van der Waals surface area (Å²) < 4.78 is 0. The van der Waals surface area contributed by atoms with E-state index in [0.717, 1.165) is 6.07 Å². The van der Waals surface area contributed by atoms with Gasteiger partial charge < -0.3 is 5.32 Å². The topological polar surface area (TPSA) is 141 Å². The lowest BCUT2D eigenvalue weighted by molar-refractivity contribution is -0.424. The van der Waals surface area contributed by atoms with E-state index in [1.807, 2.05) is 0 Å². The summed E-state index contributed by atoms with van der Waals surface area (Å²) >= 11 is 0. The van der Waals surface area contributed by atoms with Gasteiger partial charge in [0.25, 0.3) is 5.69 Å². The number of nitro groups is 3. The molecule has 0 fully saturated rings. The van der Waals surface area contributed by atoms with Crippen molar-refractivity contribution in [3.05, 3.63) is 42.5 Å². The highest BCUT2D eigenvalue weighted by atomic mass is 16.6. The van der Waals surface area contributed by atoms with E-state index in [1.54, 1.807) is 0 Å². The van der Waals surface area contributed by atoms with Crippen LogP contribution in [0.1, 0.15) is 0 Å². The number of hydrogen-bond donors (Lipinski definition) is 1. The van der Waals surface area contributed by atoms with Gasteiger partial charge in [-0.3, -0.25) is 30.3 Å². The summed E-state index contributed by atoms with van der Waals surface area (Å²) in [7, 11) is 1.32. The Morgan fingerprint density at radius 3 is 1.65 bits per heavy atom. The predicted molar refractivity (Wildman–Crippen MR) is 56.0 cm³/mol. The van der Waals surface area contributed by atoms with E-state index in [2.05, 4.69) is 5.32 Å². The molecule has 10 nitrogen and oxygen atoms in total. The molecule has 0 unspecified atom stereocenters. The van der Waals surface area contributed by atoms with Gasteiger partial charge in [-0.05, 0) is 0 Å². The van der Waals surface area contributed by atoms with Crippen LogP contribution in [0, 0.1) is 30.3 Å². The maximum Gasteiger partial charge on any atom is 0.353 e. The van der Waals surface area contributed by atoms with Crippen molar-refractivity contribution in [1.82, 2.24) is 0 Å². The number of benzene rings is 1. The normalized spacial score (nSPS) is 9.71. The molecule has 1 N–H and O–H groups in total. The number of nitrogens with zero attached hydrogens (tertiary/aromatic N) is 3. The summed E-state index contributed by atoms with van der Waals surface area (Å²) in [5.74, 6) is 0. The lowest BCUT2D eigenvalue weighted by atomic mass is 10.2. The van der Waals surface area contributed by atoms with E-state index in [1.165, 1.54) is 7.05 Å². The van der Waals surface area contributed by atoms with Crippen LogP contribution in [0.4, 0.5) is 22.7 Å². The Morgan fingerprint density at radius 2 is 1.29 bits per heavy atom. The molecule has 0 aliphatic carbocycles. The van der Waals surface area contributed by atoms with Crippen molar-refractivity contribution in [3.63, 3.8) is 0 Å². The molecule has 90 valence electrons. The molecule has 0 amide bonds. The molecule has 0 radical (unpaired) electrons. The molecule has 1 aromatic rings. The van der Waals surface area contributed by atoms with Crippen LogP contribution in [-0.4, -0.2) is 21.8 Å². The first kappa shape index (κ1) is 12.3. The third-order valence-electron chi connectivity index (χ3n) is 1.95. The fraction of sp³-hybridized carbons (Fsp3) is 0.143. The molecule has 0 aliphatic rings. The fourth-order valence-electron chi connectivity index (χ4n) is 1.21. The fourth-order valence-corrected chi connectivity index (χ4v) is 1.21. The first-order valence-electron chi connectivity index (χ1n) is 4.17. The zero-order valence-corrected chi connectivity index (χ0v) is 8.45. The molecule has 0 aliphatic heterocycles. The van der Waals surface area contributed by atoms with Crippen molar-refractivity contribution in [2.24, 2.45) is 0 Å². The van der Waals surface area contributed by atoms with Crippen LogP contribution in [0.15, 0.2) is 12.1 Å². The number of anilines is 1. The largest absolute Gasteiger partial charge is 0.382 e. The Kier molecular flexibility index (Phi) is 3.17. The highest BCUT2D eigenvalue weighted by Gasteiger charge is 2.30. The molecular formula is C7H6N4O6. The molecule has 0 bridgehead atoms. The van der Waals surface area contributed by atoms with Gasteiger partial charge in [-0.1, -0.05) is 0 Å². The van der Waals surface area contributed by atoms with Gasteiger partial charge in [-0.2, -0.15) is 0 Å². The minimum Gasteiger partial charge on any atom is -0.382 e.